The van der Waals surface area contributed by atoms with Crippen molar-refractivity contribution in [3.8, 4) is 5.75 Å². The van der Waals surface area contributed by atoms with Crippen molar-refractivity contribution in [3.63, 3.8) is 0 Å². The van der Waals surface area contributed by atoms with Crippen LogP contribution in [-0.4, -0.2) is 61.2 Å². The summed E-state index contributed by atoms with van der Waals surface area (Å²) < 4.78 is 10.7. The summed E-state index contributed by atoms with van der Waals surface area (Å²) in [5, 5.41) is 2.92. The molecule has 2 aliphatic heterocycles. The predicted molar refractivity (Wildman–Crippen MR) is 109 cm³/mol. The van der Waals surface area contributed by atoms with E-state index < -0.39 is 6.10 Å². The Morgan fingerprint density at radius 1 is 1.10 bits per heavy atom. The van der Waals surface area contributed by atoms with Gasteiger partial charge in [0.15, 0.2) is 0 Å². The Balaban J connectivity index is 1.47. The lowest BCUT2D eigenvalue weighted by Crippen LogP contribution is -2.41. The zero-order valence-corrected chi connectivity index (χ0v) is 16.6. The highest BCUT2D eigenvalue weighted by Gasteiger charge is 2.53. The number of methoxy groups -OCH3 is 2. The van der Waals surface area contributed by atoms with Crippen LogP contribution in [0.5, 0.6) is 5.75 Å². The number of ether oxygens (including phenoxy) is 2. The first-order chi connectivity index (χ1) is 14.1. The van der Waals surface area contributed by atoms with Crippen LogP contribution < -0.4 is 10.1 Å². The van der Waals surface area contributed by atoms with Crippen LogP contribution in [0.2, 0.25) is 0 Å². The molecule has 152 valence electrons. The second-order valence-corrected chi connectivity index (χ2v) is 7.41. The molecule has 2 heterocycles. The number of urea groups is 1. The Morgan fingerprint density at radius 3 is 2.62 bits per heavy atom. The van der Waals surface area contributed by atoms with Crippen molar-refractivity contribution in [2.24, 2.45) is 5.92 Å². The van der Waals surface area contributed by atoms with Gasteiger partial charge in [0.2, 0.25) is 0 Å². The van der Waals surface area contributed by atoms with Gasteiger partial charge in [-0.15, -0.1) is 0 Å². The SMILES string of the molecule is COc1cccc(NC(=O)N2C[C@@H]3[C@H](OC)C(=O)N(Cc4ccccc4)[C@@H]3C2)c1. The fourth-order valence-electron chi connectivity index (χ4n) is 4.27. The van der Waals surface area contributed by atoms with E-state index in [-0.39, 0.29) is 23.9 Å². The lowest BCUT2D eigenvalue weighted by atomic mass is 10.0. The largest absolute Gasteiger partial charge is 0.497 e. The van der Waals surface area contributed by atoms with Gasteiger partial charge in [-0.3, -0.25) is 4.79 Å². The fraction of sp³-hybridized carbons (Fsp3) is 0.364. The third kappa shape index (κ3) is 3.78. The summed E-state index contributed by atoms with van der Waals surface area (Å²) >= 11 is 0. The van der Waals surface area contributed by atoms with E-state index in [1.165, 1.54) is 0 Å². The third-order valence-electron chi connectivity index (χ3n) is 5.71. The Hall–Kier alpha value is -3.06. The maximum Gasteiger partial charge on any atom is 0.321 e. The summed E-state index contributed by atoms with van der Waals surface area (Å²) in [5.74, 6) is 0.645. The standard InChI is InChI=1S/C22H25N3O4/c1-28-17-10-6-9-16(11-17)23-22(27)24-13-18-19(14-24)25(21(26)20(18)29-2)12-15-7-4-3-5-8-15/h3-11,18-20H,12-14H2,1-2H3,(H,23,27)/t18-,19+,20-/m0/s1. The van der Waals surface area contributed by atoms with Crippen LogP contribution in [0.25, 0.3) is 0 Å². The van der Waals surface area contributed by atoms with Crippen molar-refractivity contribution in [2.45, 2.75) is 18.7 Å². The molecule has 7 nitrogen and oxygen atoms in total. The van der Waals surface area contributed by atoms with E-state index >= 15 is 0 Å². The van der Waals surface area contributed by atoms with Gasteiger partial charge in [0.05, 0.1) is 13.2 Å². The minimum atomic E-state index is -0.515. The van der Waals surface area contributed by atoms with E-state index in [0.29, 0.717) is 31.1 Å². The van der Waals surface area contributed by atoms with E-state index in [1.54, 1.807) is 25.2 Å². The zero-order chi connectivity index (χ0) is 20.4. The lowest BCUT2D eigenvalue weighted by molar-refractivity contribution is -0.138. The maximum absolute atomic E-state index is 12.9. The number of carbonyl (C=O) groups excluding carboxylic acids is 2. The van der Waals surface area contributed by atoms with Crippen LogP contribution in [-0.2, 0) is 16.1 Å². The molecule has 0 aliphatic carbocycles. The smallest absolute Gasteiger partial charge is 0.321 e. The molecule has 2 saturated heterocycles. The highest BCUT2D eigenvalue weighted by atomic mass is 16.5. The number of hydrogen-bond acceptors (Lipinski definition) is 4. The normalized spacial score (nSPS) is 23.2. The first-order valence-corrected chi connectivity index (χ1v) is 9.68. The first-order valence-electron chi connectivity index (χ1n) is 9.68. The van der Waals surface area contributed by atoms with Crippen LogP contribution in [0.1, 0.15) is 5.56 Å². The van der Waals surface area contributed by atoms with Gasteiger partial charge in [0.1, 0.15) is 11.9 Å². The fourth-order valence-corrected chi connectivity index (χ4v) is 4.27. The molecule has 3 amide bonds. The van der Waals surface area contributed by atoms with E-state index in [9.17, 15) is 9.59 Å². The Kier molecular flexibility index (Phi) is 5.40. The molecule has 2 aliphatic rings. The van der Waals surface area contributed by atoms with Gasteiger partial charge in [-0.2, -0.15) is 0 Å². The number of carbonyl (C=O) groups is 2. The molecule has 7 heteroatoms. The van der Waals surface area contributed by atoms with Crippen LogP contribution in [0, 0.1) is 5.92 Å². The first kappa shape index (κ1) is 19.3. The molecule has 29 heavy (non-hydrogen) atoms. The average molecular weight is 395 g/mol. The van der Waals surface area contributed by atoms with Crippen molar-refractivity contribution >= 4 is 17.6 Å². The predicted octanol–water partition coefficient (Wildman–Crippen LogP) is 2.58. The van der Waals surface area contributed by atoms with Crippen LogP contribution in [0.4, 0.5) is 10.5 Å². The number of nitrogens with one attached hydrogen (secondary N) is 1. The summed E-state index contributed by atoms with van der Waals surface area (Å²) in [6.07, 6.45) is -0.515. The van der Waals surface area contributed by atoms with Crippen LogP contribution in [0.3, 0.4) is 0 Å². The molecule has 0 saturated carbocycles. The number of hydrogen-bond donors (Lipinski definition) is 1. The van der Waals surface area contributed by atoms with E-state index in [2.05, 4.69) is 5.32 Å². The molecular formula is C22H25N3O4. The molecular weight excluding hydrogens is 370 g/mol. The number of rotatable bonds is 5. The Labute approximate surface area is 170 Å². The Morgan fingerprint density at radius 2 is 1.90 bits per heavy atom. The van der Waals surface area contributed by atoms with Gasteiger partial charge in [0.25, 0.3) is 5.91 Å². The van der Waals surface area contributed by atoms with Crippen molar-refractivity contribution < 1.29 is 19.1 Å². The quantitative estimate of drug-likeness (QED) is 0.845. The molecule has 0 unspecified atom stereocenters. The molecule has 2 aromatic carbocycles. The van der Waals surface area contributed by atoms with Gasteiger partial charge in [0, 0.05) is 44.4 Å². The molecule has 0 spiro atoms. The third-order valence-corrected chi connectivity index (χ3v) is 5.71. The lowest BCUT2D eigenvalue weighted by Gasteiger charge is -2.25. The van der Waals surface area contributed by atoms with Crippen molar-refractivity contribution in [3.05, 3.63) is 60.2 Å². The second-order valence-electron chi connectivity index (χ2n) is 7.41. The molecule has 1 N–H and O–H groups in total. The minimum Gasteiger partial charge on any atom is -0.497 e. The van der Waals surface area contributed by atoms with Crippen molar-refractivity contribution in [1.29, 1.82) is 0 Å². The van der Waals surface area contributed by atoms with Gasteiger partial charge in [-0.1, -0.05) is 36.4 Å². The Bertz CT molecular complexity index is 889. The molecule has 2 fully saturated rings. The van der Waals surface area contributed by atoms with Crippen LogP contribution >= 0.6 is 0 Å². The summed E-state index contributed by atoms with van der Waals surface area (Å²) in [5.41, 5.74) is 1.74. The highest BCUT2D eigenvalue weighted by molar-refractivity contribution is 5.91. The molecule has 0 radical (unpaired) electrons. The highest BCUT2D eigenvalue weighted by Crippen LogP contribution is 2.35. The minimum absolute atomic E-state index is 0.000734. The van der Waals surface area contributed by atoms with Gasteiger partial charge in [-0.05, 0) is 17.7 Å². The molecule has 3 atom stereocenters. The molecule has 0 aromatic heterocycles. The summed E-state index contributed by atoms with van der Waals surface area (Å²) in [6.45, 7) is 1.49. The number of amides is 3. The van der Waals surface area contributed by atoms with Crippen molar-refractivity contribution in [1.82, 2.24) is 9.80 Å². The summed E-state index contributed by atoms with van der Waals surface area (Å²) in [7, 11) is 3.15. The van der Waals surface area contributed by atoms with Gasteiger partial charge >= 0.3 is 6.03 Å². The van der Waals surface area contributed by atoms with Crippen molar-refractivity contribution in [2.75, 3.05) is 32.6 Å². The second kappa shape index (κ2) is 8.13. The summed E-state index contributed by atoms with van der Waals surface area (Å²) in [4.78, 5) is 29.3. The maximum atomic E-state index is 12.9. The van der Waals surface area contributed by atoms with Gasteiger partial charge < -0.3 is 24.6 Å². The topological polar surface area (TPSA) is 71.1 Å². The average Bonchev–Trinajstić information content (AvgIpc) is 3.27. The number of nitrogens with zero attached hydrogens (tertiary/aromatic N) is 2. The van der Waals surface area contributed by atoms with E-state index in [0.717, 1.165) is 5.56 Å². The number of likely N-dealkylation sites (tertiary alicyclic amines) is 2. The van der Waals surface area contributed by atoms with E-state index in [1.807, 2.05) is 53.4 Å². The molecule has 4 rings (SSSR count). The monoisotopic (exact) mass is 395 g/mol. The number of benzene rings is 2. The van der Waals surface area contributed by atoms with Crippen LogP contribution in [0.15, 0.2) is 54.6 Å². The zero-order valence-electron chi connectivity index (χ0n) is 16.6. The summed E-state index contributed by atoms with van der Waals surface area (Å²) in [6, 6.07) is 16.9. The van der Waals surface area contributed by atoms with E-state index in [4.69, 9.17) is 9.47 Å². The number of fused-ring (bicyclic) bond motifs is 1. The van der Waals surface area contributed by atoms with Gasteiger partial charge in [-0.25, -0.2) is 4.79 Å². The number of anilines is 1. The molecule has 0 bridgehead atoms. The molecule has 2 aromatic rings.